The Bertz CT molecular complexity index is 427. The second kappa shape index (κ2) is 12.0. The first kappa shape index (κ1) is 19.2. The third-order valence-electron chi connectivity index (χ3n) is 2.69. The number of terminal acetylenes is 1. The summed E-state index contributed by atoms with van der Waals surface area (Å²) in [5.74, 6) is 2.11. The fourth-order valence-electron chi connectivity index (χ4n) is 1.59. The second-order valence-corrected chi connectivity index (χ2v) is 4.67. The van der Waals surface area contributed by atoms with Crippen molar-refractivity contribution in [1.82, 2.24) is 0 Å². The Hall–Kier alpha value is -1.83. The van der Waals surface area contributed by atoms with Crippen molar-refractivity contribution in [2.75, 3.05) is 7.11 Å². The van der Waals surface area contributed by atoms with E-state index in [2.05, 4.69) is 10.7 Å². The van der Waals surface area contributed by atoms with Gasteiger partial charge in [-0.05, 0) is 19.8 Å². The topological polar surface area (TPSA) is 66.8 Å². The van der Waals surface area contributed by atoms with E-state index in [0.29, 0.717) is 19.3 Å². The van der Waals surface area contributed by atoms with E-state index in [-0.39, 0.29) is 12.4 Å². The molecule has 116 valence electrons. The zero-order chi connectivity index (χ0) is 16.1. The van der Waals surface area contributed by atoms with E-state index in [4.69, 9.17) is 6.42 Å². The highest BCUT2D eigenvalue weighted by Crippen LogP contribution is 2.07. The average Bonchev–Trinajstić information content (AvgIpc) is 2.43. The van der Waals surface area contributed by atoms with Crippen LogP contribution in [0.4, 0.5) is 0 Å². The van der Waals surface area contributed by atoms with E-state index in [1.165, 1.54) is 7.11 Å². The van der Waals surface area contributed by atoms with Crippen LogP contribution in [-0.4, -0.2) is 35.5 Å². The van der Waals surface area contributed by atoms with Crippen molar-refractivity contribution in [3.8, 4) is 12.3 Å². The predicted molar refractivity (Wildman–Crippen MR) is 83.4 cm³/mol. The van der Waals surface area contributed by atoms with Gasteiger partial charge >= 0.3 is 5.97 Å². The van der Waals surface area contributed by atoms with Gasteiger partial charge in [0.15, 0.2) is 0 Å². The summed E-state index contributed by atoms with van der Waals surface area (Å²) in [5.41, 5.74) is 0.900. The quantitative estimate of drug-likeness (QED) is 0.388. The molecule has 0 spiro atoms. The van der Waals surface area contributed by atoms with Gasteiger partial charge in [-0.3, -0.25) is 4.79 Å². The number of esters is 1. The molecule has 0 rings (SSSR count). The molecule has 0 heterocycles. The first-order chi connectivity index (χ1) is 9.99. The molecule has 4 nitrogen and oxygen atoms in total. The van der Waals surface area contributed by atoms with Crippen LogP contribution >= 0.6 is 0 Å². The van der Waals surface area contributed by atoms with Crippen LogP contribution in [0.25, 0.3) is 0 Å². The van der Waals surface area contributed by atoms with Crippen LogP contribution in [0.15, 0.2) is 36.0 Å². The summed E-state index contributed by atoms with van der Waals surface area (Å²) in [6.07, 6.45) is 14.2. The lowest BCUT2D eigenvalue weighted by atomic mass is 10.1. The molecule has 0 saturated heterocycles. The molecule has 0 fully saturated rings. The van der Waals surface area contributed by atoms with E-state index in [0.717, 1.165) is 5.57 Å². The Morgan fingerprint density at radius 3 is 2.67 bits per heavy atom. The van der Waals surface area contributed by atoms with Crippen LogP contribution in [0.5, 0.6) is 0 Å². The summed E-state index contributed by atoms with van der Waals surface area (Å²) in [6.45, 7) is 1.87. The van der Waals surface area contributed by atoms with Gasteiger partial charge in [0, 0.05) is 12.8 Å². The Balaban J connectivity index is 4.10. The highest BCUT2D eigenvalue weighted by Gasteiger charge is 2.04. The maximum Gasteiger partial charge on any atom is 0.305 e. The Kier molecular flexibility index (Phi) is 10.9. The first-order valence-electron chi connectivity index (χ1n) is 6.89. The van der Waals surface area contributed by atoms with Gasteiger partial charge in [-0.15, -0.1) is 12.3 Å². The van der Waals surface area contributed by atoms with Crippen LogP contribution in [0, 0.1) is 12.3 Å². The molecule has 0 saturated carbocycles. The lowest BCUT2D eigenvalue weighted by molar-refractivity contribution is -0.140. The fraction of sp³-hybridized carbons (Fsp3) is 0.471. The van der Waals surface area contributed by atoms with Crippen molar-refractivity contribution < 1.29 is 19.7 Å². The standard InChI is InChI=1S/C17H24O4/c1-4-8-15(18)10-6-5-9-14(2)13-16(19)11-7-12-17(20)21-3/h1,5-6,9-10,13,15-16,18-19H,7-8,11-12H2,2-3H3/b9-5+,10-6+,14-13-/t15-,16?/m1/s1. The maximum atomic E-state index is 10.9. The van der Waals surface area contributed by atoms with Gasteiger partial charge in [-0.25, -0.2) is 0 Å². The number of aliphatic hydroxyl groups is 2. The minimum absolute atomic E-state index is 0.265. The third kappa shape index (κ3) is 11.7. The van der Waals surface area contributed by atoms with Gasteiger partial charge in [-0.2, -0.15) is 0 Å². The van der Waals surface area contributed by atoms with Crippen molar-refractivity contribution in [1.29, 1.82) is 0 Å². The molecule has 4 heteroatoms. The number of carbonyl (C=O) groups excluding carboxylic acids is 1. The highest BCUT2D eigenvalue weighted by molar-refractivity contribution is 5.68. The van der Waals surface area contributed by atoms with Crippen LogP contribution in [0.3, 0.4) is 0 Å². The van der Waals surface area contributed by atoms with Gasteiger partial charge < -0.3 is 14.9 Å². The van der Waals surface area contributed by atoms with Crippen molar-refractivity contribution in [3.05, 3.63) is 36.0 Å². The summed E-state index contributed by atoms with van der Waals surface area (Å²) in [6, 6.07) is 0. The molecule has 0 radical (unpaired) electrons. The van der Waals surface area contributed by atoms with E-state index in [9.17, 15) is 15.0 Å². The molecular formula is C17H24O4. The summed E-state index contributed by atoms with van der Waals surface area (Å²) in [7, 11) is 1.35. The Labute approximate surface area is 126 Å². The molecular weight excluding hydrogens is 268 g/mol. The van der Waals surface area contributed by atoms with Crippen molar-refractivity contribution in [3.63, 3.8) is 0 Å². The molecule has 0 amide bonds. The van der Waals surface area contributed by atoms with Crippen LogP contribution < -0.4 is 0 Å². The molecule has 1 unspecified atom stereocenters. The van der Waals surface area contributed by atoms with E-state index in [1.54, 1.807) is 24.3 Å². The Morgan fingerprint density at radius 2 is 2.05 bits per heavy atom. The summed E-state index contributed by atoms with van der Waals surface area (Å²) < 4.78 is 4.53. The van der Waals surface area contributed by atoms with Gasteiger partial charge in [0.25, 0.3) is 0 Å². The molecule has 0 aliphatic heterocycles. The number of allylic oxidation sites excluding steroid dienone is 4. The number of hydrogen-bond acceptors (Lipinski definition) is 4. The van der Waals surface area contributed by atoms with Crippen molar-refractivity contribution in [2.24, 2.45) is 0 Å². The van der Waals surface area contributed by atoms with Gasteiger partial charge in [-0.1, -0.05) is 36.0 Å². The average molecular weight is 292 g/mol. The molecule has 2 atom stereocenters. The normalized spacial score (nSPS) is 15.1. The van der Waals surface area contributed by atoms with Crippen molar-refractivity contribution >= 4 is 5.97 Å². The molecule has 0 bridgehead atoms. The van der Waals surface area contributed by atoms with E-state index < -0.39 is 12.2 Å². The highest BCUT2D eigenvalue weighted by atomic mass is 16.5. The zero-order valence-corrected chi connectivity index (χ0v) is 12.7. The fourth-order valence-corrected chi connectivity index (χ4v) is 1.59. The molecule has 0 aliphatic rings. The third-order valence-corrected chi connectivity index (χ3v) is 2.69. The van der Waals surface area contributed by atoms with Crippen molar-refractivity contribution in [2.45, 2.75) is 44.8 Å². The van der Waals surface area contributed by atoms with Crippen LogP contribution in [0.1, 0.15) is 32.6 Å². The number of hydrogen-bond donors (Lipinski definition) is 2. The summed E-state index contributed by atoms with van der Waals surface area (Å²) in [5, 5.41) is 19.1. The number of ether oxygens (including phenoxy) is 1. The lowest BCUT2D eigenvalue weighted by Gasteiger charge is -2.05. The van der Waals surface area contributed by atoms with Crippen LogP contribution in [0.2, 0.25) is 0 Å². The summed E-state index contributed by atoms with van der Waals surface area (Å²) >= 11 is 0. The molecule has 2 N–H and O–H groups in total. The largest absolute Gasteiger partial charge is 0.469 e. The first-order valence-corrected chi connectivity index (χ1v) is 6.89. The van der Waals surface area contributed by atoms with Crippen LogP contribution in [-0.2, 0) is 9.53 Å². The van der Waals surface area contributed by atoms with E-state index >= 15 is 0 Å². The molecule has 21 heavy (non-hydrogen) atoms. The predicted octanol–water partition coefficient (Wildman–Crippen LogP) is 2.13. The molecule has 0 aromatic carbocycles. The molecule has 0 aromatic rings. The number of carbonyl (C=O) groups is 1. The number of methoxy groups -OCH3 is 1. The van der Waals surface area contributed by atoms with Gasteiger partial charge in [0.2, 0.25) is 0 Å². The smallest absolute Gasteiger partial charge is 0.305 e. The monoisotopic (exact) mass is 292 g/mol. The van der Waals surface area contributed by atoms with Gasteiger partial charge in [0.1, 0.15) is 0 Å². The molecule has 0 aliphatic carbocycles. The van der Waals surface area contributed by atoms with Gasteiger partial charge in [0.05, 0.1) is 19.3 Å². The Morgan fingerprint density at radius 1 is 1.33 bits per heavy atom. The zero-order valence-electron chi connectivity index (χ0n) is 12.7. The number of aliphatic hydroxyl groups excluding tert-OH is 2. The van der Waals surface area contributed by atoms with E-state index in [1.807, 2.05) is 13.0 Å². The lowest BCUT2D eigenvalue weighted by Crippen LogP contribution is -2.06. The number of rotatable bonds is 9. The summed E-state index contributed by atoms with van der Waals surface area (Å²) in [4.78, 5) is 10.9. The minimum atomic E-state index is -0.632. The minimum Gasteiger partial charge on any atom is -0.469 e. The SMILES string of the molecule is C#CC[C@@H](O)/C=C/C=C/C(C)=C\C(O)CCCC(=O)OC. The second-order valence-electron chi connectivity index (χ2n) is 4.67. The maximum absolute atomic E-state index is 10.9. The molecule has 0 aromatic heterocycles.